The van der Waals surface area contributed by atoms with Gasteiger partial charge in [-0.3, -0.25) is 0 Å². The van der Waals surface area contributed by atoms with E-state index in [1.807, 2.05) is 30.9 Å². The second-order valence-electron chi connectivity index (χ2n) is 5.70. The van der Waals surface area contributed by atoms with Crippen LogP contribution in [-0.2, 0) is 16.0 Å². The molecule has 6 nitrogen and oxygen atoms in total. The molecule has 0 unspecified atom stereocenters. The predicted molar refractivity (Wildman–Crippen MR) is 98.7 cm³/mol. The molecule has 1 fully saturated rings. The molecule has 0 aromatic heterocycles. The molecule has 2 rings (SSSR count). The lowest BCUT2D eigenvalue weighted by Gasteiger charge is -2.29. The number of benzene rings is 1. The maximum Gasteiger partial charge on any atom is 0.191 e. The molecule has 1 aromatic rings. The highest BCUT2D eigenvalue weighted by Crippen LogP contribution is 2.21. The summed E-state index contributed by atoms with van der Waals surface area (Å²) in [4.78, 5) is 6.52. The Balaban J connectivity index is 1.94. The number of morpholine rings is 1. The Hall–Kier alpha value is -1.86. The molecular weight excluding hydrogens is 323 g/mol. The largest absolute Gasteiger partial charge is 0.380 e. The van der Waals surface area contributed by atoms with Crippen LogP contribution in [0.4, 0.5) is 10.1 Å². The normalized spacial score (nSPS) is 15.3. The van der Waals surface area contributed by atoms with E-state index in [9.17, 15) is 4.39 Å². The van der Waals surface area contributed by atoms with Crippen LogP contribution in [0.5, 0.6) is 0 Å². The standard InChI is InChI=1S/C18H29FN4O2/c1-3-20-18(21-7-10-24-4-2)22-14-15-5-6-17(16(19)13-15)23-8-11-25-12-9-23/h5-6,13H,3-4,7-12,14H2,1-2H3,(H2,20,21,22). The lowest BCUT2D eigenvalue weighted by Crippen LogP contribution is -2.39. The number of hydrogen-bond donors (Lipinski definition) is 2. The molecule has 1 heterocycles. The Bertz CT molecular complexity index is 548. The minimum Gasteiger partial charge on any atom is -0.380 e. The number of aliphatic imine (C=N–C) groups is 1. The molecule has 0 aliphatic carbocycles. The van der Waals surface area contributed by atoms with Gasteiger partial charge in [0.05, 0.1) is 32.1 Å². The fraction of sp³-hybridized carbons (Fsp3) is 0.611. The van der Waals surface area contributed by atoms with E-state index in [0.29, 0.717) is 51.2 Å². The minimum atomic E-state index is -0.205. The van der Waals surface area contributed by atoms with Crippen molar-refractivity contribution in [1.82, 2.24) is 10.6 Å². The molecule has 0 amide bonds. The SMILES string of the molecule is CCNC(=NCc1ccc(N2CCOCC2)c(F)c1)NCCOCC. The molecule has 0 saturated carbocycles. The average Bonchev–Trinajstić information content (AvgIpc) is 2.64. The summed E-state index contributed by atoms with van der Waals surface area (Å²) >= 11 is 0. The first kappa shape index (κ1) is 19.5. The van der Waals surface area contributed by atoms with Gasteiger partial charge in [0.15, 0.2) is 5.96 Å². The van der Waals surface area contributed by atoms with Crippen molar-refractivity contribution in [2.75, 3.05) is 57.5 Å². The fourth-order valence-corrected chi connectivity index (χ4v) is 2.61. The van der Waals surface area contributed by atoms with Gasteiger partial charge >= 0.3 is 0 Å². The molecule has 0 spiro atoms. The van der Waals surface area contributed by atoms with Crippen molar-refractivity contribution in [2.45, 2.75) is 20.4 Å². The van der Waals surface area contributed by atoms with Gasteiger partial charge in [-0.2, -0.15) is 0 Å². The fourth-order valence-electron chi connectivity index (χ4n) is 2.61. The number of guanidine groups is 1. The van der Waals surface area contributed by atoms with Crippen LogP contribution < -0.4 is 15.5 Å². The summed E-state index contributed by atoms with van der Waals surface area (Å²) in [5, 5.41) is 6.38. The highest BCUT2D eigenvalue weighted by atomic mass is 19.1. The maximum absolute atomic E-state index is 14.4. The summed E-state index contributed by atoms with van der Waals surface area (Å²) in [6.07, 6.45) is 0. The van der Waals surface area contributed by atoms with Gasteiger partial charge in [0.1, 0.15) is 5.82 Å². The van der Waals surface area contributed by atoms with Crippen LogP contribution in [0.2, 0.25) is 0 Å². The van der Waals surface area contributed by atoms with Crippen molar-refractivity contribution in [1.29, 1.82) is 0 Å². The highest BCUT2D eigenvalue weighted by Gasteiger charge is 2.15. The van der Waals surface area contributed by atoms with Gasteiger partial charge in [0.2, 0.25) is 0 Å². The van der Waals surface area contributed by atoms with E-state index in [4.69, 9.17) is 9.47 Å². The van der Waals surface area contributed by atoms with Crippen molar-refractivity contribution in [3.05, 3.63) is 29.6 Å². The summed E-state index contributed by atoms with van der Waals surface area (Å²) in [5.41, 5.74) is 1.48. The first-order chi connectivity index (χ1) is 12.2. The Morgan fingerprint density at radius 1 is 1.28 bits per heavy atom. The highest BCUT2D eigenvalue weighted by molar-refractivity contribution is 5.79. The molecule has 0 bridgehead atoms. The smallest absolute Gasteiger partial charge is 0.191 e. The van der Waals surface area contributed by atoms with Gasteiger partial charge in [-0.15, -0.1) is 0 Å². The molecule has 1 saturated heterocycles. The Labute approximate surface area is 149 Å². The van der Waals surface area contributed by atoms with Crippen LogP contribution in [0.15, 0.2) is 23.2 Å². The Kier molecular flexibility index (Phi) is 8.48. The van der Waals surface area contributed by atoms with Crippen LogP contribution in [0.1, 0.15) is 19.4 Å². The van der Waals surface area contributed by atoms with Crippen LogP contribution >= 0.6 is 0 Å². The van der Waals surface area contributed by atoms with Crippen LogP contribution in [-0.4, -0.2) is 58.6 Å². The lowest BCUT2D eigenvalue weighted by molar-refractivity contribution is 0.122. The minimum absolute atomic E-state index is 0.205. The number of halogens is 1. The van der Waals surface area contributed by atoms with E-state index < -0.39 is 0 Å². The quantitative estimate of drug-likeness (QED) is 0.424. The first-order valence-electron chi connectivity index (χ1n) is 8.95. The zero-order chi connectivity index (χ0) is 17.9. The Morgan fingerprint density at radius 3 is 2.76 bits per heavy atom. The van der Waals surface area contributed by atoms with Gasteiger partial charge in [0.25, 0.3) is 0 Å². The number of hydrogen-bond acceptors (Lipinski definition) is 4. The molecule has 1 aromatic carbocycles. The third-order valence-corrected chi connectivity index (χ3v) is 3.87. The zero-order valence-electron chi connectivity index (χ0n) is 15.2. The van der Waals surface area contributed by atoms with Gasteiger partial charge in [-0.25, -0.2) is 9.38 Å². The summed E-state index contributed by atoms with van der Waals surface area (Å²) in [5.74, 6) is 0.503. The number of rotatable bonds is 8. The number of nitrogens with zero attached hydrogens (tertiary/aromatic N) is 2. The number of nitrogens with one attached hydrogen (secondary N) is 2. The number of ether oxygens (including phenoxy) is 2. The van der Waals surface area contributed by atoms with E-state index in [-0.39, 0.29) is 5.82 Å². The number of anilines is 1. The third kappa shape index (κ3) is 6.51. The van der Waals surface area contributed by atoms with Gasteiger partial charge in [0, 0.05) is 32.8 Å². The molecule has 1 aliphatic rings. The molecule has 0 radical (unpaired) electrons. The molecule has 1 aliphatic heterocycles. The summed E-state index contributed by atoms with van der Waals surface area (Å²) < 4.78 is 25.0. The predicted octanol–water partition coefficient (Wildman–Crippen LogP) is 1.75. The zero-order valence-corrected chi connectivity index (χ0v) is 15.2. The van der Waals surface area contributed by atoms with Crippen molar-refractivity contribution in [2.24, 2.45) is 4.99 Å². The molecule has 7 heteroatoms. The molecule has 140 valence electrons. The monoisotopic (exact) mass is 352 g/mol. The second kappa shape index (κ2) is 10.9. The van der Waals surface area contributed by atoms with Gasteiger partial charge in [-0.1, -0.05) is 6.07 Å². The third-order valence-electron chi connectivity index (χ3n) is 3.87. The van der Waals surface area contributed by atoms with E-state index >= 15 is 0 Å². The van der Waals surface area contributed by atoms with Crippen LogP contribution in [0, 0.1) is 5.82 Å². The van der Waals surface area contributed by atoms with Crippen molar-refractivity contribution >= 4 is 11.6 Å². The first-order valence-corrected chi connectivity index (χ1v) is 8.95. The van der Waals surface area contributed by atoms with Crippen molar-refractivity contribution < 1.29 is 13.9 Å². The van der Waals surface area contributed by atoms with Crippen LogP contribution in [0.3, 0.4) is 0 Å². The molecule has 0 atom stereocenters. The van der Waals surface area contributed by atoms with E-state index in [1.165, 1.54) is 0 Å². The van der Waals surface area contributed by atoms with E-state index in [0.717, 1.165) is 25.2 Å². The summed E-state index contributed by atoms with van der Waals surface area (Å²) in [7, 11) is 0. The topological polar surface area (TPSA) is 58.1 Å². The van der Waals surface area contributed by atoms with E-state index in [1.54, 1.807) is 6.07 Å². The summed E-state index contributed by atoms with van der Waals surface area (Å²) in [6, 6.07) is 5.33. The summed E-state index contributed by atoms with van der Waals surface area (Å²) in [6.45, 7) is 9.92. The van der Waals surface area contributed by atoms with Crippen LogP contribution in [0.25, 0.3) is 0 Å². The maximum atomic E-state index is 14.4. The molecular formula is C18H29FN4O2. The van der Waals surface area contributed by atoms with Gasteiger partial charge < -0.3 is 25.0 Å². The van der Waals surface area contributed by atoms with Gasteiger partial charge in [-0.05, 0) is 31.5 Å². The lowest BCUT2D eigenvalue weighted by atomic mass is 10.1. The Morgan fingerprint density at radius 2 is 2.08 bits per heavy atom. The molecule has 2 N–H and O–H groups in total. The molecule has 25 heavy (non-hydrogen) atoms. The second-order valence-corrected chi connectivity index (χ2v) is 5.70. The van der Waals surface area contributed by atoms with Crippen molar-refractivity contribution in [3.63, 3.8) is 0 Å². The average molecular weight is 352 g/mol. The van der Waals surface area contributed by atoms with Crippen molar-refractivity contribution in [3.8, 4) is 0 Å². The van der Waals surface area contributed by atoms with E-state index in [2.05, 4.69) is 15.6 Å².